The molecule has 3 rings (SSSR count). The maximum Gasteiger partial charge on any atom is 0.274 e. The number of amides is 2. The molecule has 0 saturated carbocycles. The number of hydrogen-bond donors (Lipinski definition) is 0. The number of aromatic nitrogens is 2. The molecule has 0 unspecified atom stereocenters. The summed E-state index contributed by atoms with van der Waals surface area (Å²) in [5.74, 6) is 0.733. The minimum absolute atomic E-state index is 0.0720. The summed E-state index contributed by atoms with van der Waals surface area (Å²) in [4.78, 5) is 39.3. The molecular weight excluding hydrogens is 382 g/mol. The van der Waals surface area contributed by atoms with Gasteiger partial charge in [0.15, 0.2) is 0 Å². The molecule has 30 heavy (non-hydrogen) atoms. The van der Waals surface area contributed by atoms with Gasteiger partial charge in [0.05, 0.1) is 19.0 Å². The van der Waals surface area contributed by atoms with E-state index in [1.54, 1.807) is 12.0 Å². The fourth-order valence-corrected chi connectivity index (χ4v) is 3.63. The van der Waals surface area contributed by atoms with Crippen LogP contribution in [-0.2, 0) is 4.79 Å². The van der Waals surface area contributed by atoms with Gasteiger partial charge < -0.3 is 19.4 Å². The molecule has 0 bridgehead atoms. The number of anilines is 1. The molecule has 1 aliphatic heterocycles. The maximum atomic E-state index is 12.7. The van der Waals surface area contributed by atoms with Crippen LogP contribution in [0.2, 0.25) is 0 Å². The summed E-state index contributed by atoms with van der Waals surface area (Å²) in [6, 6.07) is 7.93. The Morgan fingerprint density at radius 2 is 1.87 bits per heavy atom. The predicted molar refractivity (Wildman–Crippen MR) is 115 cm³/mol. The van der Waals surface area contributed by atoms with Crippen LogP contribution in [0.4, 0.5) is 5.69 Å². The Bertz CT molecular complexity index is 838. The molecule has 2 aromatic rings. The Labute approximate surface area is 177 Å². The maximum absolute atomic E-state index is 12.7. The first-order valence-electron chi connectivity index (χ1n) is 10.3. The van der Waals surface area contributed by atoms with Gasteiger partial charge in [-0.1, -0.05) is 19.1 Å². The van der Waals surface area contributed by atoms with E-state index in [2.05, 4.69) is 14.9 Å². The van der Waals surface area contributed by atoms with Crippen LogP contribution in [0.5, 0.6) is 5.75 Å². The summed E-state index contributed by atoms with van der Waals surface area (Å²) < 4.78 is 5.45. The highest BCUT2D eigenvalue weighted by atomic mass is 16.5. The molecular formula is C22H29N5O3. The van der Waals surface area contributed by atoms with E-state index in [0.717, 1.165) is 30.9 Å². The van der Waals surface area contributed by atoms with Crippen molar-refractivity contribution in [3.8, 4) is 5.75 Å². The van der Waals surface area contributed by atoms with Gasteiger partial charge in [-0.25, -0.2) is 4.98 Å². The normalized spacial score (nSPS) is 13.8. The van der Waals surface area contributed by atoms with Crippen LogP contribution < -0.4 is 9.64 Å². The second kappa shape index (κ2) is 10.6. The van der Waals surface area contributed by atoms with E-state index in [0.29, 0.717) is 38.3 Å². The van der Waals surface area contributed by atoms with E-state index in [-0.39, 0.29) is 11.8 Å². The molecule has 1 saturated heterocycles. The third kappa shape index (κ3) is 5.25. The van der Waals surface area contributed by atoms with Crippen molar-refractivity contribution in [2.75, 3.05) is 51.3 Å². The first-order chi connectivity index (χ1) is 14.6. The monoisotopic (exact) mass is 411 g/mol. The number of methoxy groups -OCH3 is 1. The number of piperazine rings is 1. The van der Waals surface area contributed by atoms with E-state index in [1.807, 2.05) is 36.1 Å². The topological polar surface area (TPSA) is 78.9 Å². The second-order valence-corrected chi connectivity index (χ2v) is 7.17. The zero-order valence-corrected chi connectivity index (χ0v) is 17.7. The molecule has 1 aliphatic rings. The summed E-state index contributed by atoms with van der Waals surface area (Å²) in [6.45, 7) is 5.80. The summed E-state index contributed by atoms with van der Waals surface area (Å²) >= 11 is 0. The Morgan fingerprint density at radius 1 is 1.10 bits per heavy atom. The lowest BCUT2D eigenvalue weighted by molar-refractivity contribution is -0.131. The molecule has 8 heteroatoms. The van der Waals surface area contributed by atoms with E-state index in [4.69, 9.17) is 4.74 Å². The Morgan fingerprint density at radius 3 is 2.53 bits per heavy atom. The van der Waals surface area contributed by atoms with E-state index in [1.165, 1.54) is 18.6 Å². The van der Waals surface area contributed by atoms with Crippen molar-refractivity contribution in [2.45, 2.75) is 19.8 Å². The van der Waals surface area contributed by atoms with Crippen LogP contribution in [0.1, 0.15) is 30.3 Å². The summed E-state index contributed by atoms with van der Waals surface area (Å²) in [5.41, 5.74) is 1.36. The quantitative estimate of drug-likeness (QED) is 0.662. The lowest BCUT2D eigenvalue weighted by atomic mass is 10.2. The van der Waals surface area contributed by atoms with Crippen molar-refractivity contribution in [1.29, 1.82) is 0 Å². The van der Waals surface area contributed by atoms with Crippen LogP contribution >= 0.6 is 0 Å². The fraction of sp³-hybridized carbons (Fsp3) is 0.455. The molecule has 0 aliphatic carbocycles. The molecule has 0 radical (unpaired) electrons. The number of carbonyl (C=O) groups excluding carboxylic acids is 2. The first kappa shape index (κ1) is 21.5. The van der Waals surface area contributed by atoms with Gasteiger partial charge in [0, 0.05) is 58.1 Å². The molecule has 1 aromatic heterocycles. The number of hydrogen-bond acceptors (Lipinski definition) is 6. The van der Waals surface area contributed by atoms with Gasteiger partial charge in [-0.05, 0) is 18.6 Å². The zero-order valence-electron chi connectivity index (χ0n) is 17.7. The Balaban J connectivity index is 1.53. The van der Waals surface area contributed by atoms with Crippen LogP contribution in [0.25, 0.3) is 0 Å². The van der Waals surface area contributed by atoms with Crippen LogP contribution in [0.3, 0.4) is 0 Å². The molecule has 2 heterocycles. The Hall–Kier alpha value is -3.16. The standard InChI is InChI=1S/C22H29N5O3/c1-3-11-27(22(29)18-17-23-9-10-24-18)12-8-21(28)26-15-13-25(14-16-26)19-6-4-5-7-20(19)30-2/h4-7,9-10,17H,3,8,11-16H2,1-2H3. The summed E-state index contributed by atoms with van der Waals surface area (Å²) in [6.07, 6.45) is 5.63. The average molecular weight is 412 g/mol. The van der Waals surface area contributed by atoms with E-state index < -0.39 is 0 Å². The summed E-state index contributed by atoms with van der Waals surface area (Å²) in [7, 11) is 1.67. The number of benzene rings is 1. The molecule has 0 atom stereocenters. The van der Waals surface area contributed by atoms with Crippen molar-refractivity contribution in [2.24, 2.45) is 0 Å². The van der Waals surface area contributed by atoms with Crippen molar-refractivity contribution in [3.05, 3.63) is 48.5 Å². The van der Waals surface area contributed by atoms with Gasteiger partial charge in [-0.2, -0.15) is 0 Å². The van der Waals surface area contributed by atoms with Crippen molar-refractivity contribution in [1.82, 2.24) is 19.8 Å². The summed E-state index contributed by atoms with van der Waals surface area (Å²) in [5, 5.41) is 0. The smallest absolute Gasteiger partial charge is 0.274 e. The van der Waals surface area contributed by atoms with Gasteiger partial charge >= 0.3 is 0 Å². The van der Waals surface area contributed by atoms with Gasteiger partial charge in [0.25, 0.3) is 5.91 Å². The van der Waals surface area contributed by atoms with Gasteiger partial charge in [-0.15, -0.1) is 0 Å². The van der Waals surface area contributed by atoms with Gasteiger partial charge in [0.2, 0.25) is 5.91 Å². The van der Waals surface area contributed by atoms with Crippen molar-refractivity contribution >= 4 is 17.5 Å². The van der Waals surface area contributed by atoms with Crippen LogP contribution in [0, 0.1) is 0 Å². The van der Waals surface area contributed by atoms with Crippen LogP contribution in [-0.4, -0.2) is 78.0 Å². The molecule has 0 N–H and O–H groups in total. The van der Waals surface area contributed by atoms with Crippen molar-refractivity contribution in [3.63, 3.8) is 0 Å². The number of para-hydroxylation sites is 2. The number of carbonyl (C=O) groups is 2. The highest BCUT2D eigenvalue weighted by molar-refractivity contribution is 5.92. The fourth-order valence-electron chi connectivity index (χ4n) is 3.63. The average Bonchev–Trinajstić information content (AvgIpc) is 2.81. The largest absolute Gasteiger partial charge is 0.495 e. The van der Waals surface area contributed by atoms with E-state index in [9.17, 15) is 9.59 Å². The lowest BCUT2D eigenvalue weighted by Crippen LogP contribution is -2.49. The number of rotatable bonds is 8. The second-order valence-electron chi connectivity index (χ2n) is 7.17. The van der Waals surface area contributed by atoms with Gasteiger partial charge in [-0.3, -0.25) is 14.6 Å². The third-order valence-electron chi connectivity index (χ3n) is 5.22. The third-order valence-corrected chi connectivity index (χ3v) is 5.22. The molecule has 2 amide bonds. The first-order valence-corrected chi connectivity index (χ1v) is 10.3. The number of ether oxygens (including phenoxy) is 1. The predicted octanol–water partition coefficient (Wildman–Crippen LogP) is 2.08. The van der Waals surface area contributed by atoms with E-state index >= 15 is 0 Å². The Kier molecular flexibility index (Phi) is 7.59. The minimum atomic E-state index is -0.182. The molecule has 1 fully saturated rings. The van der Waals surface area contributed by atoms with Crippen LogP contribution in [0.15, 0.2) is 42.9 Å². The molecule has 0 spiro atoms. The highest BCUT2D eigenvalue weighted by Crippen LogP contribution is 2.28. The van der Waals surface area contributed by atoms with Gasteiger partial charge in [0.1, 0.15) is 11.4 Å². The van der Waals surface area contributed by atoms with Crippen molar-refractivity contribution < 1.29 is 14.3 Å². The zero-order chi connectivity index (χ0) is 21.3. The molecule has 1 aromatic carbocycles. The molecule has 8 nitrogen and oxygen atoms in total. The SMILES string of the molecule is CCCN(CCC(=O)N1CCN(c2ccccc2OC)CC1)C(=O)c1cnccn1. The highest BCUT2D eigenvalue weighted by Gasteiger charge is 2.24. The minimum Gasteiger partial charge on any atom is -0.495 e. The molecule has 160 valence electrons. The number of nitrogens with zero attached hydrogens (tertiary/aromatic N) is 5. The lowest BCUT2D eigenvalue weighted by Gasteiger charge is -2.37.